The summed E-state index contributed by atoms with van der Waals surface area (Å²) in [5, 5.41) is 0. The fourth-order valence-corrected chi connectivity index (χ4v) is 1.78. The van der Waals surface area contributed by atoms with Crippen LogP contribution in [-0.4, -0.2) is 27.8 Å². The second-order valence-electron chi connectivity index (χ2n) is 3.79. The molecule has 0 aliphatic rings. The molecule has 8 heteroatoms. The first-order valence-corrected chi connectivity index (χ1v) is 5.28. The van der Waals surface area contributed by atoms with Crippen LogP contribution >= 0.6 is 0 Å². The van der Waals surface area contributed by atoms with Crippen molar-refractivity contribution in [1.82, 2.24) is 14.5 Å². The Bertz CT molecular complexity index is 567. The Hall–Kier alpha value is -2.25. The van der Waals surface area contributed by atoms with Crippen molar-refractivity contribution >= 4 is 5.82 Å². The Morgan fingerprint density at radius 1 is 1.37 bits per heavy atom. The number of nitrogens with two attached hydrogens (primary N) is 1. The van der Waals surface area contributed by atoms with Crippen LogP contribution in [-0.2, 0) is 0 Å². The third-order valence-electron chi connectivity index (χ3n) is 2.52. The van der Waals surface area contributed by atoms with Crippen LogP contribution < -0.4 is 10.5 Å². The maximum atomic E-state index is 13.2. The van der Waals surface area contributed by atoms with Crippen LogP contribution in [0.3, 0.4) is 0 Å². The zero-order chi connectivity index (χ0) is 14.0. The Labute approximate surface area is 106 Å². The largest absolute Gasteiger partial charge is 0.481 e. The molecular weight excluding hydrogens is 261 g/mol. The van der Waals surface area contributed by atoms with Gasteiger partial charge in [0.2, 0.25) is 5.88 Å². The van der Waals surface area contributed by atoms with Gasteiger partial charge in [-0.25, -0.2) is 9.97 Å². The summed E-state index contributed by atoms with van der Waals surface area (Å²) in [7, 11) is 1.27. The van der Waals surface area contributed by atoms with Gasteiger partial charge in [0, 0.05) is 18.0 Å². The predicted molar refractivity (Wildman–Crippen MR) is 61.6 cm³/mol. The smallest absolute Gasteiger partial charge is 0.413 e. The number of ether oxygens (including phenoxy) is 1. The van der Waals surface area contributed by atoms with Crippen molar-refractivity contribution in [3.8, 4) is 5.88 Å². The first-order valence-electron chi connectivity index (χ1n) is 5.28. The van der Waals surface area contributed by atoms with Gasteiger partial charge in [-0.15, -0.1) is 0 Å². The van der Waals surface area contributed by atoms with E-state index in [1.165, 1.54) is 25.4 Å². The number of nitrogens with zero attached hydrogens (tertiary/aromatic N) is 3. The zero-order valence-electron chi connectivity index (χ0n) is 9.93. The average molecular weight is 272 g/mol. The lowest BCUT2D eigenvalue weighted by atomic mass is 10.1. The van der Waals surface area contributed by atoms with Gasteiger partial charge in [-0.1, -0.05) is 0 Å². The van der Waals surface area contributed by atoms with E-state index in [0.29, 0.717) is 0 Å². The lowest BCUT2D eigenvalue weighted by Crippen LogP contribution is -2.27. The molecular formula is C11H11F3N4O. The van der Waals surface area contributed by atoms with Crippen LogP contribution in [0.2, 0.25) is 0 Å². The average Bonchev–Trinajstić information content (AvgIpc) is 2.74. The van der Waals surface area contributed by atoms with E-state index in [0.717, 1.165) is 17.1 Å². The van der Waals surface area contributed by atoms with E-state index in [-0.39, 0.29) is 17.3 Å². The standard InChI is InChI=1S/C11H11F3N4O/c1-19-10-7(3-2-4-16-10)9(11(12,13)14)18-5-8(15)17-6-18/h2-6,9H,15H2,1H3. The number of alkyl halides is 3. The molecule has 1 unspecified atom stereocenters. The molecule has 2 aromatic heterocycles. The summed E-state index contributed by atoms with van der Waals surface area (Å²) in [6.45, 7) is 0. The molecule has 2 N–H and O–H groups in total. The van der Waals surface area contributed by atoms with Gasteiger partial charge in [0.15, 0.2) is 6.04 Å². The minimum Gasteiger partial charge on any atom is -0.481 e. The molecule has 0 radical (unpaired) electrons. The lowest BCUT2D eigenvalue weighted by Gasteiger charge is -2.22. The number of methoxy groups -OCH3 is 1. The minimum absolute atomic E-state index is 0.0112. The Morgan fingerprint density at radius 2 is 2.11 bits per heavy atom. The first-order chi connectivity index (χ1) is 8.93. The fourth-order valence-electron chi connectivity index (χ4n) is 1.78. The Kier molecular flexibility index (Phi) is 3.32. The molecule has 1 atom stereocenters. The summed E-state index contributed by atoms with van der Waals surface area (Å²) >= 11 is 0. The minimum atomic E-state index is -4.52. The first kappa shape index (κ1) is 13.2. The van der Waals surface area contributed by atoms with E-state index < -0.39 is 12.2 Å². The van der Waals surface area contributed by atoms with Gasteiger partial charge in [-0.3, -0.25) is 0 Å². The third kappa shape index (κ3) is 2.61. The van der Waals surface area contributed by atoms with E-state index >= 15 is 0 Å². The maximum Gasteiger partial charge on any atom is 0.413 e. The van der Waals surface area contributed by atoms with Crippen molar-refractivity contribution in [2.45, 2.75) is 12.2 Å². The Balaban J connectivity index is 2.56. The molecule has 5 nitrogen and oxygen atoms in total. The lowest BCUT2D eigenvalue weighted by molar-refractivity contribution is -0.157. The van der Waals surface area contributed by atoms with E-state index in [2.05, 4.69) is 9.97 Å². The summed E-state index contributed by atoms with van der Waals surface area (Å²) in [5.41, 5.74) is 5.26. The van der Waals surface area contributed by atoms with Crippen molar-refractivity contribution in [1.29, 1.82) is 0 Å². The fraction of sp³-hybridized carbons (Fsp3) is 0.273. The summed E-state index contributed by atoms with van der Waals surface area (Å²) in [6.07, 6.45) is -1.02. The van der Waals surface area contributed by atoms with Crippen molar-refractivity contribution in [2.75, 3.05) is 12.8 Å². The van der Waals surface area contributed by atoms with E-state index in [1.54, 1.807) is 0 Å². The number of hydrogen-bond acceptors (Lipinski definition) is 4. The summed E-state index contributed by atoms with van der Waals surface area (Å²) in [4.78, 5) is 7.39. The predicted octanol–water partition coefficient (Wildman–Crippen LogP) is 2.02. The highest BCUT2D eigenvalue weighted by atomic mass is 19.4. The monoisotopic (exact) mass is 272 g/mol. The molecule has 2 heterocycles. The van der Waals surface area contributed by atoms with Crippen LogP contribution in [0.15, 0.2) is 30.9 Å². The molecule has 0 amide bonds. The van der Waals surface area contributed by atoms with Crippen LogP contribution in [0.25, 0.3) is 0 Å². The molecule has 0 spiro atoms. The van der Waals surface area contributed by atoms with Gasteiger partial charge in [0.1, 0.15) is 5.82 Å². The number of halogens is 3. The summed E-state index contributed by atoms with van der Waals surface area (Å²) in [6, 6.07) is 0.776. The number of hydrogen-bond donors (Lipinski definition) is 1. The van der Waals surface area contributed by atoms with Gasteiger partial charge in [-0.05, 0) is 12.1 Å². The number of imidazole rings is 1. The molecule has 2 rings (SSSR count). The summed E-state index contributed by atoms with van der Waals surface area (Å²) < 4.78 is 45.5. The molecule has 0 aliphatic carbocycles. The quantitative estimate of drug-likeness (QED) is 0.928. The molecule has 0 fully saturated rings. The van der Waals surface area contributed by atoms with Crippen molar-refractivity contribution < 1.29 is 17.9 Å². The summed E-state index contributed by atoms with van der Waals surface area (Å²) in [5.74, 6) is -0.0748. The number of rotatable bonds is 3. The van der Waals surface area contributed by atoms with Gasteiger partial charge < -0.3 is 15.0 Å². The molecule has 0 saturated carbocycles. The second-order valence-corrected chi connectivity index (χ2v) is 3.79. The number of pyridine rings is 1. The second kappa shape index (κ2) is 4.79. The number of anilines is 1. The molecule has 0 bridgehead atoms. The normalized spacial score (nSPS) is 13.3. The van der Waals surface area contributed by atoms with Crippen molar-refractivity contribution in [2.24, 2.45) is 0 Å². The third-order valence-corrected chi connectivity index (χ3v) is 2.52. The Morgan fingerprint density at radius 3 is 2.63 bits per heavy atom. The van der Waals surface area contributed by atoms with Crippen LogP contribution in [0.1, 0.15) is 11.6 Å². The topological polar surface area (TPSA) is 66.0 Å². The number of aromatic nitrogens is 3. The van der Waals surface area contributed by atoms with Crippen LogP contribution in [0.4, 0.5) is 19.0 Å². The van der Waals surface area contributed by atoms with Gasteiger partial charge in [0.05, 0.1) is 13.4 Å². The van der Waals surface area contributed by atoms with Crippen LogP contribution in [0.5, 0.6) is 5.88 Å². The zero-order valence-corrected chi connectivity index (χ0v) is 9.93. The highest BCUT2D eigenvalue weighted by Gasteiger charge is 2.44. The molecule has 0 aliphatic heterocycles. The van der Waals surface area contributed by atoms with Crippen LogP contribution in [0, 0.1) is 0 Å². The van der Waals surface area contributed by atoms with Crippen molar-refractivity contribution in [3.63, 3.8) is 0 Å². The van der Waals surface area contributed by atoms with Crippen molar-refractivity contribution in [3.05, 3.63) is 36.4 Å². The van der Waals surface area contributed by atoms with Gasteiger partial charge in [-0.2, -0.15) is 13.2 Å². The molecule has 2 aromatic rings. The molecule has 0 aromatic carbocycles. The SMILES string of the molecule is COc1ncccc1C(n1cnc(N)c1)C(F)(F)F. The number of nitrogen functional groups attached to an aromatic ring is 1. The molecule has 19 heavy (non-hydrogen) atoms. The maximum absolute atomic E-state index is 13.2. The van der Waals surface area contributed by atoms with Gasteiger partial charge in [0.25, 0.3) is 0 Å². The highest BCUT2D eigenvalue weighted by molar-refractivity contribution is 5.33. The highest BCUT2D eigenvalue weighted by Crippen LogP contribution is 2.39. The van der Waals surface area contributed by atoms with E-state index in [1.807, 2.05) is 0 Å². The van der Waals surface area contributed by atoms with E-state index in [4.69, 9.17) is 10.5 Å². The van der Waals surface area contributed by atoms with Gasteiger partial charge >= 0.3 is 6.18 Å². The molecule has 0 saturated heterocycles. The molecule has 102 valence electrons. The van der Waals surface area contributed by atoms with E-state index in [9.17, 15) is 13.2 Å².